The third kappa shape index (κ3) is 4.55. The Morgan fingerprint density at radius 2 is 2.15 bits per heavy atom. The third-order valence-electron chi connectivity index (χ3n) is 2.53. The van der Waals surface area contributed by atoms with Gasteiger partial charge in [-0.2, -0.15) is 18.4 Å². The molecule has 4 nitrogen and oxygen atoms in total. The summed E-state index contributed by atoms with van der Waals surface area (Å²) in [5.74, 6) is -0.470. The summed E-state index contributed by atoms with van der Waals surface area (Å²) in [4.78, 5) is 11.5. The number of benzene rings is 1. The normalized spacial score (nSPS) is 12.6. The summed E-state index contributed by atoms with van der Waals surface area (Å²) in [5.41, 5.74) is -1.18. The van der Waals surface area contributed by atoms with Crippen LogP contribution in [-0.2, 0) is 11.0 Å². The van der Waals surface area contributed by atoms with Gasteiger partial charge in [0.05, 0.1) is 22.9 Å². The molecule has 0 fully saturated rings. The molecular formula is C13H13F3N2O2. The molecule has 1 unspecified atom stereocenters. The van der Waals surface area contributed by atoms with E-state index in [0.29, 0.717) is 6.07 Å². The van der Waals surface area contributed by atoms with Crippen molar-refractivity contribution in [1.29, 1.82) is 5.26 Å². The van der Waals surface area contributed by atoms with Crippen LogP contribution in [0.5, 0.6) is 0 Å². The second-order valence-electron chi connectivity index (χ2n) is 4.31. The highest BCUT2D eigenvalue weighted by molar-refractivity contribution is 5.92. The van der Waals surface area contributed by atoms with Crippen LogP contribution in [0.15, 0.2) is 18.2 Å². The maximum atomic E-state index is 12.5. The Hall–Kier alpha value is -2.07. The number of nitrogens with zero attached hydrogens (tertiary/aromatic N) is 1. The summed E-state index contributed by atoms with van der Waals surface area (Å²) < 4.78 is 37.5. The Labute approximate surface area is 113 Å². The fourth-order valence-electron chi connectivity index (χ4n) is 1.47. The van der Waals surface area contributed by atoms with E-state index >= 15 is 0 Å². The van der Waals surface area contributed by atoms with Gasteiger partial charge in [-0.15, -0.1) is 0 Å². The van der Waals surface area contributed by atoms with Gasteiger partial charge in [0.2, 0.25) is 5.91 Å². The van der Waals surface area contributed by atoms with Crippen molar-refractivity contribution in [3.63, 3.8) is 0 Å². The number of aliphatic hydroxyl groups is 1. The van der Waals surface area contributed by atoms with Crippen molar-refractivity contribution in [2.45, 2.75) is 32.0 Å². The van der Waals surface area contributed by atoms with Crippen molar-refractivity contribution in [2.75, 3.05) is 5.32 Å². The summed E-state index contributed by atoms with van der Waals surface area (Å²) in [6, 6.07) is 4.14. The molecule has 0 aliphatic rings. The Kier molecular flexibility index (Phi) is 5.11. The zero-order chi connectivity index (χ0) is 15.3. The summed E-state index contributed by atoms with van der Waals surface area (Å²) in [6.45, 7) is 1.52. The van der Waals surface area contributed by atoms with Gasteiger partial charge >= 0.3 is 6.18 Å². The molecule has 108 valence electrons. The highest BCUT2D eigenvalue weighted by Gasteiger charge is 2.31. The monoisotopic (exact) mass is 286 g/mol. The number of hydrogen-bond acceptors (Lipinski definition) is 3. The van der Waals surface area contributed by atoms with E-state index in [4.69, 9.17) is 10.4 Å². The Balaban J connectivity index is 2.87. The van der Waals surface area contributed by atoms with Crippen LogP contribution in [0.3, 0.4) is 0 Å². The first-order valence-electron chi connectivity index (χ1n) is 5.83. The van der Waals surface area contributed by atoms with E-state index in [9.17, 15) is 18.0 Å². The van der Waals surface area contributed by atoms with Crippen molar-refractivity contribution >= 4 is 11.6 Å². The average molecular weight is 286 g/mol. The second kappa shape index (κ2) is 6.39. The van der Waals surface area contributed by atoms with Crippen molar-refractivity contribution in [3.8, 4) is 6.07 Å². The predicted octanol–water partition coefficient (Wildman–Crippen LogP) is 2.68. The molecule has 0 heterocycles. The number of rotatable bonds is 4. The summed E-state index contributed by atoms with van der Waals surface area (Å²) in [7, 11) is 0. The molecule has 7 heteroatoms. The van der Waals surface area contributed by atoms with Gasteiger partial charge in [0.25, 0.3) is 0 Å². The number of carbonyl (C=O) groups excluding carboxylic acids is 1. The molecule has 0 aromatic heterocycles. The van der Waals surface area contributed by atoms with Gasteiger partial charge < -0.3 is 10.4 Å². The first-order chi connectivity index (χ1) is 9.24. The quantitative estimate of drug-likeness (QED) is 0.893. The van der Waals surface area contributed by atoms with E-state index in [-0.39, 0.29) is 24.1 Å². The number of halogens is 3. The summed E-state index contributed by atoms with van der Waals surface area (Å²) in [6.07, 6.45) is -4.94. The minimum atomic E-state index is -4.54. The fraction of sp³-hybridized carbons (Fsp3) is 0.385. The Bertz CT molecular complexity index is 533. The van der Waals surface area contributed by atoms with E-state index in [1.165, 1.54) is 6.92 Å². The number of nitriles is 1. The molecule has 0 saturated carbocycles. The zero-order valence-corrected chi connectivity index (χ0v) is 10.7. The van der Waals surface area contributed by atoms with Crippen molar-refractivity contribution in [2.24, 2.45) is 0 Å². The van der Waals surface area contributed by atoms with Gasteiger partial charge in [-0.1, -0.05) is 0 Å². The Morgan fingerprint density at radius 1 is 1.50 bits per heavy atom. The lowest BCUT2D eigenvalue weighted by atomic mass is 10.1. The second-order valence-corrected chi connectivity index (χ2v) is 4.31. The highest BCUT2D eigenvalue weighted by atomic mass is 19.4. The zero-order valence-electron chi connectivity index (χ0n) is 10.7. The maximum Gasteiger partial charge on any atom is 0.416 e. The van der Waals surface area contributed by atoms with E-state index in [0.717, 1.165) is 12.1 Å². The molecular weight excluding hydrogens is 273 g/mol. The molecule has 1 amide bonds. The lowest BCUT2D eigenvalue weighted by Gasteiger charge is -2.11. The van der Waals surface area contributed by atoms with Crippen LogP contribution >= 0.6 is 0 Å². The van der Waals surface area contributed by atoms with E-state index in [1.54, 1.807) is 6.07 Å². The molecule has 0 aliphatic heterocycles. The smallest absolute Gasteiger partial charge is 0.393 e. The number of anilines is 1. The molecule has 1 rings (SSSR count). The molecule has 0 aliphatic carbocycles. The van der Waals surface area contributed by atoms with E-state index in [1.807, 2.05) is 0 Å². The average Bonchev–Trinajstić information content (AvgIpc) is 2.35. The molecule has 1 aromatic carbocycles. The molecule has 2 N–H and O–H groups in total. The van der Waals surface area contributed by atoms with Crippen molar-refractivity contribution in [1.82, 2.24) is 0 Å². The molecule has 0 radical (unpaired) electrons. The van der Waals surface area contributed by atoms with Crippen molar-refractivity contribution < 1.29 is 23.1 Å². The van der Waals surface area contributed by atoms with Crippen LogP contribution in [-0.4, -0.2) is 17.1 Å². The van der Waals surface area contributed by atoms with Gasteiger partial charge in [-0.3, -0.25) is 4.79 Å². The van der Waals surface area contributed by atoms with Gasteiger partial charge in [0.1, 0.15) is 6.07 Å². The number of nitrogens with one attached hydrogen (secondary N) is 1. The molecule has 0 saturated heterocycles. The van der Waals surface area contributed by atoms with Gasteiger partial charge in [0, 0.05) is 6.42 Å². The minimum Gasteiger partial charge on any atom is -0.393 e. The van der Waals surface area contributed by atoms with Crippen molar-refractivity contribution in [3.05, 3.63) is 29.3 Å². The van der Waals surface area contributed by atoms with Gasteiger partial charge in [-0.05, 0) is 31.5 Å². The Morgan fingerprint density at radius 3 is 2.65 bits per heavy atom. The van der Waals surface area contributed by atoms with Crippen LogP contribution in [0.2, 0.25) is 0 Å². The SMILES string of the molecule is CC(O)CCC(=O)Nc1ccc(C(F)(F)F)cc1C#N. The predicted molar refractivity (Wildman–Crippen MR) is 65.7 cm³/mol. The van der Waals surface area contributed by atoms with Gasteiger partial charge in [-0.25, -0.2) is 0 Å². The van der Waals surface area contributed by atoms with Crippen LogP contribution < -0.4 is 5.32 Å². The molecule has 0 bridgehead atoms. The first kappa shape index (κ1) is 16.0. The number of alkyl halides is 3. The third-order valence-corrected chi connectivity index (χ3v) is 2.53. The lowest BCUT2D eigenvalue weighted by molar-refractivity contribution is -0.137. The van der Waals surface area contributed by atoms with Crippen LogP contribution in [0.4, 0.5) is 18.9 Å². The summed E-state index contributed by atoms with van der Waals surface area (Å²) >= 11 is 0. The fourth-order valence-corrected chi connectivity index (χ4v) is 1.47. The van der Waals surface area contributed by atoms with E-state index < -0.39 is 23.8 Å². The number of hydrogen-bond donors (Lipinski definition) is 2. The molecule has 1 aromatic rings. The largest absolute Gasteiger partial charge is 0.416 e. The first-order valence-corrected chi connectivity index (χ1v) is 5.83. The summed E-state index contributed by atoms with van der Waals surface area (Å²) in [5, 5.41) is 20.2. The standard InChI is InChI=1S/C13H13F3N2O2/c1-8(19)2-5-12(20)18-11-4-3-10(13(14,15)16)6-9(11)7-17/h3-4,6,8,19H,2,5H2,1H3,(H,18,20). The van der Waals surface area contributed by atoms with Crippen LogP contribution in [0.25, 0.3) is 0 Å². The molecule has 1 atom stereocenters. The number of carbonyl (C=O) groups is 1. The highest BCUT2D eigenvalue weighted by Crippen LogP contribution is 2.31. The lowest BCUT2D eigenvalue weighted by Crippen LogP contribution is -2.15. The number of aliphatic hydroxyl groups excluding tert-OH is 1. The molecule has 20 heavy (non-hydrogen) atoms. The minimum absolute atomic E-state index is 0.0174. The number of amides is 1. The van der Waals surface area contributed by atoms with Crippen LogP contribution in [0.1, 0.15) is 30.9 Å². The molecule has 0 spiro atoms. The maximum absolute atomic E-state index is 12.5. The topological polar surface area (TPSA) is 73.1 Å². The van der Waals surface area contributed by atoms with E-state index in [2.05, 4.69) is 5.32 Å². The van der Waals surface area contributed by atoms with Gasteiger partial charge in [0.15, 0.2) is 0 Å². The van der Waals surface area contributed by atoms with Crippen LogP contribution in [0, 0.1) is 11.3 Å².